The number of hydrogen-bond acceptors (Lipinski definition) is 3. The summed E-state index contributed by atoms with van der Waals surface area (Å²) >= 11 is 6.11. The topological polar surface area (TPSA) is 47.6 Å². The smallest absolute Gasteiger partial charge is 0.258 e. The zero-order valence-corrected chi connectivity index (χ0v) is 14.0. The van der Waals surface area contributed by atoms with Crippen LogP contribution in [0.15, 0.2) is 42.5 Å². The van der Waals surface area contributed by atoms with Crippen molar-refractivity contribution in [3.8, 4) is 11.5 Å². The van der Waals surface area contributed by atoms with E-state index >= 15 is 0 Å². The van der Waals surface area contributed by atoms with Gasteiger partial charge >= 0.3 is 0 Å². The fraction of sp³-hybridized carbons (Fsp3) is 0.278. The quantitative estimate of drug-likeness (QED) is 0.788. The number of ether oxygens (including phenoxy) is 2. The van der Waals surface area contributed by atoms with E-state index in [-0.39, 0.29) is 12.5 Å². The minimum atomic E-state index is -0.180. The van der Waals surface area contributed by atoms with E-state index < -0.39 is 0 Å². The van der Waals surface area contributed by atoms with E-state index in [9.17, 15) is 4.79 Å². The number of nitrogens with one attached hydrogen (secondary N) is 1. The molecule has 4 nitrogen and oxygen atoms in total. The Hall–Kier alpha value is -2.20. The third-order valence-corrected chi connectivity index (χ3v) is 3.81. The third-order valence-electron chi connectivity index (χ3n) is 3.22. The van der Waals surface area contributed by atoms with E-state index in [2.05, 4.69) is 5.32 Å². The van der Waals surface area contributed by atoms with Gasteiger partial charge in [0, 0.05) is 5.02 Å². The molecule has 0 spiro atoms. The number of halogens is 1. The molecule has 0 radical (unpaired) electrons. The number of amides is 1. The molecule has 0 bridgehead atoms. The van der Waals surface area contributed by atoms with Crippen LogP contribution in [0.5, 0.6) is 11.5 Å². The first-order valence-corrected chi connectivity index (χ1v) is 7.78. The summed E-state index contributed by atoms with van der Waals surface area (Å²) in [5.41, 5.74) is 1.95. The van der Waals surface area contributed by atoms with Crippen LogP contribution in [-0.2, 0) is 4.79 Å². The predicted molar refractivity (Wildman–Crippen MR) is 91.4 cm³/mol. The second-order valence-electron chi connectivity index (χ2n) is 5.17. The molecular weight excluding hydrogens is 314 g/mol. The van der Waals surface area contributed by atoms with Crippen LogP contribution in [0.1, 0.15) is 11.1 Å². The lowest BCUT2D eigenvalue weighted by Crippen LogP contribution is -2.32. The highest BCUT2D eigenvalue weighted by Crippen LogP contribution is 2.25. The molecule has 0 aliphatic heterocycles. The first-order chi connectivity index (χ1) is 11.1. The van der Waals surface area contributed by atoms with Gasteiger partial charge in [-0.1, -0.05) is 29.8 Å². The molecular formula is C18H20ClNO3. The van der Waals surface area contributed by atoms with E-state index in [4.69, 9.17) is 21.1 Å². The first-order valence-electron chi connectivity index (χ1n) is 7.40. The average molecular weight is 334 g/mol. The molecule has 2 aromatic rings. The molecule has 0 aromatic heterocycles. The normalized spacial score (nSPS) is 10.2. The summed E-state index contributed by atoms with van der Waals surface area (Å²) in [7, 11) is 0. The zero-order valence-electron chi connectivity index (χ0n) is 13.3. The standard InChI is InChI=1S/C18H20ClNO3/c1-13-10-16(11-14(2)18(13)19)22-9-8-20-17(21)12-23-15-6-4-3-5-7-15/h3-7,10-11H,8-9,12H2,1-2H3,(H,20,21). The van der Waals surface area contributed by atoms with Crippen molar-refractivity contribution in [2.75, 3.05) is 19.8 Å². The number of para-hydroxylation sites is 1. The van der Waals surface area contributed by atoms with Crippen molar-refractivity contribution in [3.63, 3.8) is 0 Å². The fourth-order valence-electron chi connectivity index (χ4n) is 2.07. The summed E-state index contributed by atoms with van der Waals surface area (Å²) in [5.74, 6) is 1.24. The molecule has 0 aliphatic carbocycles. The van der Waals surface area contributed by atoms with Gasteiger partial charge in [-0.05, 0) is 49.2 Å². The highest BCUT2D eigenvalue weighted by atomic mass is 35.5. The zero-order chi connectivity index (χ0) is 16.7. The Balaban J connectivity index is 1.68. The SMILES string of the molecule is Cc1cc(OCCNC(=O)COc2ccccc2)cc(C)c1Cl. The maximum atomic E-state index is 11.7. The lowest BCUT2D eigenvalue weighted by Gasteiger charge is -2.11. The molecule has 2 aromatic carbocycles. The monoisotopic (exact) mass is 333 g/mol. The number of carbonyl (C=O) groups excluding carboxylic acids is 1. The van der Waals surface area contributed by atoms with Crippen LogP contribution < -0.4 is 14.8 Å². The number of carbonyl (C=O) groups is 1. The first kappa shape index (κ1) is 17.2. The molecule has 0 saturated heterocycles. The number of benzene rings is 2. The second-order valence-corrected chi connectivity index (χ2v) is 5.55. The van der Waals surface area contributed by atoms with Gasteiger partial charge in [0.2, 0.25) is 0 Å². The molecule has 122 valence electrons. The highest BCUT2D eigenvalue weighted by molar-refractivity contribution is 6.32. The largest absolute Gasteiger partial charge is 0.492 e. The molecule has 23 heavy (non-hydrogen) atoms. The lowest BCUT2D eigenvalue weighted by molar-refractivity contribution is -0.123. The Kier molecular flexibility index (Phi) is 6.29. The van der Waals surface area contributed by atoms with Crippen molar-refractivity contribution in [2.45, 2.75) is 13.8 Å². The van der Waals surface area contributed by atoms with Crippen LogP contribution in [0, 0.1) is 13.8 Å². The van der Waals surface area contributed by atoms with E-state index in [1.807, 2.05) is 56.3 Å². The van der Waals surface area contributed by atoms with Gasteiger partial charge in [0.1, 0.15) is 18.1 Å². The summed E-state index contributed by atoms with van der Waals surface area (Å²) in [6, 6.07) is 13.0. The van der Waals surface area contributed by atoms with Crippen molar-refractivity contribution in [1.29, 1.82) is 0 Å². The second kappa shape index (κ2) is 8.44. The van der Waals surface area contributed by atoms with Gasteiger partial charge < -0.3 is 14.8 Å². The highest BCUT2D eigenvalue weighted by Gasteiger charge is 2.05. The minimum Gasteiger partial charge on any atom is -0.492 e. The summed E-state index contributed by atoms with van der Waals surface area (Å²) in [5, 5.41) is 3.50. The summed E-state index contributed by atoms with van der Waals surface area (Å²) in [4.78, 5) is 11.7. The van der Waals surface area contributed by atoms with E-state index in [0.717, 1.165) is 21.9 Å². The van der Waals surface area contributed by atoms with E-state index in [1.165, 1.54) is 0 Å². The van der Waals surface area contributed by atoms with Crippen molar-refractivity contribution >= 4 is 17.5 Å². The van der Waals surface area contributed by atoms with Crippen LogP contribution in [0.3, 0.4) is 0 Å². The summed E-state index contributed by atoms with van der Waals surface area (Å²) < 4.78 is 11.0. The molecule has 0 saturated carbocycles. The Morgan fingerprint density at radius 1 is 1.04 bits per heavy atom. The lowest BCUT2D eigenvalue weighted by atomic mass is 10.1. The van der Waals surface area contributed by atoms with Gasteiger partial charge in [0.25, 0.3) is 5.91 Å². The van der Waals surface area contributed by atoms with E-state index in [1.54, 1.807) is 0 Å². The van der Waals surface area contributed by atoms with Gasteiger partial charge in [-0.15, -0.1) is 0 Å². The molecule has 0 aliphatic rings. The summed E-state index contributed by atoms with van der Waals surface area (Å²) in [6.07, 6.45) is 0. The third kappa shape index (κ3) is 5.49. The van der Waals surface area contributed by atoms with Crippen molar-refractivity contribution in [2.24, 2.45) is 0 Å². The van der Waals surface area contributed by atoms with Crippen LogP contribution in [0.25, 0.3) is 0 Å². The van der Waals surface area contributed by atoms with Crippen LogP contribution in [-0.4, -0.2) is 25.7 Å². The maximum Gasteiger partial charge on any atom is 0.258 e. The number of rotatable bonds is 7. The molecule has 0 unspecified atom stereocenters. The molecule has 0 heterocycles. The van der Waals surface area contributed by atoms with Crippen LogP contribution in [0.2, 0.25) is 5.02 Å². The molecule has 0 atom stereocenters. The van der Waals surface area contributed by atoms with E-state index in [0.29, 0.717) is 18.9 Å². The Bertz CT molecular complexity index is 636. The minimum absolute atomic E-state index is 0.0107. The Labute approximate surface area is 141 Å². The van der Waals surface area contributed by atoms with Gasteiger partial charge in [-0.2, -0.15) is 0 Å². The maximum absolute atomic E-state index is 11.7. The summed E-state index contributed by atoms with van der Waals surface area (Å²) in [6.45, 7) is 4.66. The molecule has 0 fully saturated rings. The van der Waals surface area contributed by atoms with Crippen molar-refractivity contribution in [1.82, 2.24) is 5.32 Å². The Morgan fingerprint density at radius 2 is 1.70 bits per heavy atom. The fourth-order valence-corrected chi connectivity index (χ4v) is 2.17. The molecule has 5 heteroatoms. The van der Waals surface area contributed by atoms with Gasteiger partial charge in [-0.25, -0.2) is 0 Å². The molecule has 1 amide bonds. The predicted octanol–water partition coefficient (Wildman–Crippen LogP) is 3.53. The van der Waals surface area contributed by atoms with Crippen LogP contribution >= 0.6 is 11.6 Å². The molecule has 1 N–H and O–H groups in total. The average Bonchev–Trinajstić information content (AvgIpc) is 2.55. The van der Waals surface area contributed by atoms with Gasteiger partial charge in [0.05, 0.1) is 6.54 Å². The molecule has 2 rings (SSSR count). The number of hydrogen-bond donors (Lipinski definition) is 1. The van der Waals surface area contributed by atoms with Crippen molar-refractivity contribution < 1.29 is 14.3 Å². The van der Waals surface area contributed by atoms with Gasteiger partial charge in [0.15, 0.2) is 6.61 Å². The van der Waals surface area contributed by atoms with Gasteiger partial charge in [-0.3, -0.25) is 4.79 Å². The Morgan fingerprint density at radius 3 is 2.35 bits per heavy atom. The van der Waals surface area contributed by atoms with Crippen LogP contribution in [0.4, 0.5) is 0 Å². The number of aryl methyl sites for hydroxylation is 2. The van der Waals surface area contributed by atoms with Crippen molar-refractivity contribution in [3.05, 3.63) is 58.6 Å².